The van der Waals surface area contributed by atoms with E-state index in [1.54, 1.807) is 11.8 Å². The Morgan fingerprint density at radius 1 is 1.61 bits per heavy atom. The maximum absolute atomic E-state index is 10.5. The van der Waals surface area contributed by atoms with Gasteiger partial charge in [-0.3, -0.25) is 9.79 Å². The molecule has 1 aliphatic heterocycles. The summed E-state index contributed by atoms with van der Waals surface area (Å²) in [5, 5.41) is 3.32. The van der Waals surface area contributed by atoms with Crippen molar-refractivity contribution in [3.8, 4) is 0 Å². The average Bonchev–Trinajstić information content (AvgIpc) is 2.39. The first-order valence-corrected chi connectivity index (χ1v) is 6.97. The molecule has 0 radical (unpaired) electrons. The summed E-state index contributed by atoms with van der Waals surface area (Å²) in [4.78, 5) is 15.1. The lowest BCUT2D eigenvalue weighted by Crippen LogP contribution is -2.31. The van der Waals surface area contributed by atoms with Crippen molar-refractivity contribution >= 4 is 29.0 Å². The molecule has 0 saturated carbocycles. The van der Waals surface area contributed by atoms with Gasteiger partial charge in [0.15, 0.2) is 5.17 Å². The summed E-state index contributed by atoms with van der Waals surface area (Å²) in [7, 11) is 0. The molecule has 18 heavy (non-hydrogen) atoms. The van der Waals surface area contributed by atoms with Crippen LogP contribution in [0.25, 0.3) is 0 Å². The monoisotopic (exact) mass is 263 g/mol. The number of carbonyl (C=O) groups is 1. The van der Waals surface area contributed by atoms with Gasteiger partial charge < -0.3 is 11.1 Å². The molecule has 0 aliphatic carbocycles. The largest absolute Gasteiger partial charge is 0.379 e. The maximum atomic E-state index is 10.5. The average molecular weight is 263 g/mol. The Kier molecular flexibility index (Phi) is 3.91. The van der Waals surface area contributed by atoms with Gasteiger partial charge in [-0.25, -0.2) is 0 Å². The molecule has 0 aromatic heterocycles. The molecule has 0 saturated heterocycles. The predicted octanol–water partition coefficient (Wildman–Crippen LogP) is 2.31. The van der Waals surface area contributed by atoms with Crippen LogP contribution in [0.3, 0.4) is 0 Å². The van der Waals surface area contributed by atoms with Gasteiger partial charge in [0.05, 0.1) is 5.54 Å². The normalized spacial score (nSPS) is 23.3. The Bertz CT molecular complexity index is 475. The van der Waals surface area contributed by atoms with Crippen LogP contribution in [0.15, 0.2) is 29.3 Å². The van der Waals surface area contributed by atoms with Crippen LogP contribution in [0.4, 0.5) is 5.69 Å². The van der Waals surface area contributed by atoms with Crippen molar-refractivity contribution in [3.05, 3.63) is 29.8 Å². The second-order valence-corrected chi connectivity index (χ2v) is 5.39. The van der Waals surface area contributed by atoms with Gasteiger partial charge >= 0.3 is 0 Å². The van der Waals surface area contributed by atoms with E-state index in [9.17, 15) is 4.79 Å². The number of hydrogen-bond donors (Lipinski definition) is 2. The minimum atomic E-state index is -0.240. The van der Waals surface area contributed by atoms with E-state index < -0.39 is 0 Å². The third kappa shape index (κ3) is 2.51. The highest BCUT2D eigenvalue weighted by atomic mass is 32.2. The van der Waals surface area contributed by atoms with Crippen LogP contribution in [0, 0.1) is 0 Å². The smallest absolute Gasteiger partial charge is 0.211 e. The van der Waals surface area contributed by atoms with Crippen molar-refractivity contribution in [2.24, 2.45) is 10.7 Å². The zero-order valence-electron chi connectivity index (χ0n) is 10.3. The Labute approximate surface area is 111 Å². The molecule has 0 spiro atoms. The fraction of sp³-hybridized carbons (Fsp3) is 0.385. The number of nitrogens with one attached hydrogen (secondary N) is 1. The highest BCUT2D eigenvalue weighted by molar-refractivity contribution is 8.13. The summed E-state index contributed by atoms with van der Waals surface area (Å²) < 4.78 is 0. The molecule has 4 nitrogen and oxygen atoms in total. The predicted molar refractivity (Wildman–Crippen MR) is 76.8 cm³/mol. The first-order valence-electron chi connectivity index (χ1n) is 5.99. The van der Waals surface area contributed by atoms with Gasteiger partial charge in [0.25, 0.3) is 0 Å². The second-order valence-electron chi connectivity index (χ2n) is 4.28. The van der Waals surface area contributed by atoms with Crippen molar-refractivity contribution < 1.29 is 4.79 Å². The zero-order valence-corrected chi connectivity index (χ0v) is 11.2. The number of rotatable bonds is 4. The minimum Gasteiger partial charge on any atom is -0.379 e. The quantitative estimate of drug-likeness (QED) is 0.819. The molecule has 1 heterocycles. The number of nitrogens with zero attached hydrogens (tertiary/aromatic N) is 1. The Morgan fingerprint density at radius 2 is 2.44 bits per heavy atom. The van der Waals surface area contributed by atoms with E-state index in [0.717, 1.165) is 29.8 Å². The number of hydrogen-bond acceptors (Lipinski definition) is 4. The van der Waals surface area contributed by atoms with E-state index in [0.29, 0.717) is 11.6 Å². The fourth-order valence-corrected chi connectivity index (χ4v) is 3.15. The van der Waals surface area contributed by atoms with Crippen LogP contribution in [0.2, 0.25) is 0 Å². The van der Waals surface area contributed by atoms with Crippen LogP contribution in [0.5, 0.6) is 0 Å². The van der Waals surface area contributed by atoms with Crippen LogP contribution >= 0.6 is 11.8 Å². The third-order valence-electron chi connectivity index (χ3n) is 3.30. The van der Waals surface area contributed by atoms with Gasteiger partial charge in [0, 0.05) is 11.4 Å². The highest BCUT2D eigenvalue weighted by Gasteiger charge is 2.32. The SMILES string of the molecule is CCC1(c2cccc(NC=O)c2)CCSC(N)=N1. The number of thioether (sulfide) groups is 1. The van der Waals surface area contributed by atoms with Crippen LogP contribution in [-0.2, 0) is 10.3 Å². The van der Waals surface area contributed by atoms with Gasteiger partial charge in [-0.2, -0.15) is 0 Å². The van der Waals surface area contributed by atoms with Crippen molar-refractivity contribution in [1.29, 1.82) is 0 Å². The Morgan fingerprint density at radius 3 is 3.11 bits per heavy atom. The van der Waals surface area contributed by atoms with E-state index in [4.69, 9.17) is 5.73 Å². The summed E-state index contributed by atoms with van der Waals surface area (Å²) in [6.07, 6.45) is 2.56. The van der Waals surface area contributed by atoms with Crippen LogP contribution in [-0.4, -0.2) is 17.3 Å². The van der Waals surface area contributed by atoms with Gasteiger partial charge in [0.2, 0.25) is 6.41 Å². The van der Waals surface area contributed by atoms with Crippen LogP contribution in [0.1, 0.15) is 25.3 Å². The number of anilines is 1. The number of aliphatic imine (C=N–C) groups is 1. The molecule has 1 unspecified atom stereocenters. The summed E-state index contributed by atoms with van der Waals surface area (Å²) in [5.41, 5.74) is 7.53. The van der Waals surface area contributed by atoms with Gasteiger partial charge in [-0.15, -0.1) is 0 Å². The van der Waals surface area contributed by atoms with Crippen molar-refractivity contribution in [3.63, 3.8) is 0 Å². The van der Waals surface area contributed by atoms with Crippen molar-refractivity contribution in [1.82, 2.24) is 0 Å². The molecule has 1 amide bonds. The summed E-state index contributed by atoms with van der Waals surface area (Å²) in [6.45, 7) is 2.12. The molecule has 1 atom stereocenters. The molecule has 0 fully saturated rings. The fourth-order valence-electron chi connectivity index (χ4n) is 2.26. The first-order chi connectivity index (χ1) is 8.70. The van der Waals surface area contributed by atoms with E-state index >= 15 is 0 Å². The number of nitrogens with two attached hydrogens (primary N) is 1. The molecule has 1 aromatic rings. The topological polar surface area (TPSA) is 67.5 Å². The molecule has 5 heteroatoms. The molecule has 1 aromatic carbocycles. The van der Waals surface area contributed by atoms with Gasteiger partial charge in [0.1, 0.15) is 0 Å². The molecule has 96 valence electrons. The number of benzene rings is 1. The van der Waals surface area contributed by atoms with E-state index in [-0.39, 0.29) is 5.54 Å². The molecule has 2 rings (SSSR count). The Hall–Kier alpha value is -1.49. The Balaban J connectivity index is 2.40. The molecular weight excluding hydrogens is 246 g/mol. The summed E-state index contributed by atoms with van der Waals surface area (Å²) in [5.74, 6) is 0.981. The molecular formula is C13H17N3OS. The highest BCUT2D eigenvalue weighted by Crippen LogP contribution is 2.38. The van der Waals surface area contributed by atoms with Gasteiger partial charge in [-0.05, 0) is 30.5 Å². The van der Waals surface area contributed by atoms with E-state index in [1.165, 1.54) is 0 Å². The molecule has 1 aliphatic rings. The third-order valence-corrected chi connectivity index (χ3v) is 4.10. The summed E-state index contributed by atoms with van der Waals surface area (Å²) in [6, 6.07) is 7.83. The van der Waals surface area contributed by atoms with Crippen LogP contribution < -0.4 is 11.1 Å². The number of amidine groups is 1. The minimum absolute atomic E-state index is 0.240. The number of amides is 1. The standard InChI is InChI=1S/C13H17N3OS/c1-2-13(6-7-18-12(14)16-13)10-4-3-5-11(8-10)15-9-17/h3-5,8-9H,2,6-7H2,1H3,(H2,14,16)(H,15,17). The number of carbonyl (C=O) groups excluding carboxylic acids is 1. The molecule has 0 bridgehead atoms. The van der Waals surface area contributed by atoms with E-state index in [2.05, 4.69) is 17.2 Å². The lowest BCUT2D eigenvalue weighted by atomic mass is 9.85. The first kappa shape index (κ1) is 13.0. The van der Waals surface area contributed by atoms with E-state index in [1.807, 2.05) is 24.3 Å². The van der Waals surface area contributed by atoms with Crippen molar-refractivity contribution in [2.45, 2.75) is 25.3 Å². The molecule has 3 N–H and O–H groups in total. The maximum Gasteiger partial charge on any atom is 0.211 e. The lowest BCUT2D eigenvalue weighted by molar-refractivity contribution is -0.105. The zero-order chi connectivity index (χ0) is 13.0. The second kappa shape index (κ2) is 5.44. The van der Waals surface area contributed by atoms with Gasteiger partial charge in [-0.1, -0.05) is 30.8 Å². The van der Waals surface area contributed by atoms with Crippen molar-refractivity contribution in [2.75, 3.05) is 11.1 Å². The summed E-state index contributed by atoms with van der Waals surface area (Å²) >= 11 is 1.60. The lowest BCUT2D eigenvalue weighted by Gasteiger charge is -2.33.